The highest BCUT2D eigenvalue weighted by atomic mass is 16.5. The highest BCUT2D eigenvalue weighted by Crippen LogP contribution is 2.47. The molecule has 2 aliphatic rings. The minimum atomic E-state index is 0.473. The lowest BCUT2D eigenvalue weighted by molar-refractivity contribution is 0.0115. The second-order valence-corrected chi connectivity index (χ2v) is 6.08. The van der Waals surface area contributed by atoms with E-state index in [0.717, 1.165) is 37.8 Å². The summed E-state index contributed by atoms with van der Waals surface area (Å²) in [7, 11) is 0. The summed E-state index contributed by atoms with van der Waals surface area (Å²) in [4.78, 5) is 0. The van der Waals surface area contributed by atoms with E-state index in [2.05, 4.69) is 24.4 Å². The number of nitrogens with one attached hydrogen (secondary N) is 1. The molecule has 0 amide bonds. The van der Waals surface area contributed by atoms with Gasteiger partial charge >= 0.3 is 0 Å². The summed E-state index contributed by atoms with van der Waals surface area (Å²) in [5.74, 6) is 3.75. The maximum Gasteiger partial charge on any atom is 0.117 e. The van der Waals surface area contributed by atoms with Gasteiger partial charge in [0.25, 0.3) is 0 Å². The third-order valence-electron chi connectivity index (χ3n) is 4.37. The Morgan fingerprint density at radius 2 is 2.21 bits per heavy atom. The number of rotatable bonds is 6. The van der Waals surface area contributed by atoms with Crippen LogP contribution in [0.2, 0.25) is 0 Å². The zero-order valence-corrected chi connectivity index (χ0v) is 11.9. The molecular weight excluding hydrogens is 238 g/mol. The van der Waals surface area contributed by atoms with Crippen LogP contribution in [0, 0.1) is 5.92 Å². The summed E-state index contributed by atoms with van der Waals surface area (Å²) < 4.78 is 11.6. The fourth-order valence-corrected chi connectivity index (χ4v) is 2.92. The molecule has 106 valence electrons. The molecule has 0 bridgehead atoms. The second-order valence-electron chi connectivity index (χ2n) is 6.08. The van der Waals surface area contributed by atoms with Crippen LogP contribution in [0.5, 0.6) is 0 Å². The van der Waals surface area contributed by atoms with Gasteiger partial charge < -0.3 is 14.5 Å². The van der Waals surface area contributed by atoms with E-state index in [1.165, 1.54) is 31.4 Å². The molecule has 2 heterocycles. The maximum atomic E-state index is 5.88. The molecule has 3 nitrogen and oxygen atoms in total. The van der Waals surface area contributed by atoms with Crippen LogP contribution in [-0.4, -0.2) is 19.3 Å². The highest BCUT2D eigenvalue weighted by Gasteiger charge is 2.36. The molecule has 1 aromatic rings. The molecule has 1 saturated heterocycles. The molecule has 3 heteroatoms. The molecule has 2 fully saturated rings. The van der Waals surface area contributed by atoms with Crippen molar-refractivity contribution in [2.45, 2.75) is 57.6 Å². The highest BCUT2D eigenvalue weighted by molar-refractivity contribution is 5.17. The van der Waals surface area contributed by atoms with E-state index in [1.54, 1.807) is 0 Å². The standard InChI is InChI=1S/C16H25NO2/c1-12-10-15(12)16-6-5-14(19-16)11-17-8-7-13-4-2-3-9-18-13/h5-6,12-13,15,17H,2-4,7-11H2,1H3. The normalized spacial score (nSPS) is 30.5. The van der Waals surface area contributed by atoms with E-state index in [4.69, 9.17) is 9.15 Å². The van der Waals surface area contributed by atoms with Crippen LogP contribution in [0.4, 0.5) is 0 Å². The third-order valence-corrected chi connectivity index (χ3v) is 4.37. The van der Waals surface area contributed by atoms with Gasteiger partial charge in [-0.3, -0.25) is 0 Å². The van der Waals surface area contributed by atoms with Gasteiger partial charge in [0.2, 0.25) is 0 Å². The third kappa shape index (κ3) is 3.61. The number of hydrogen-bond acceptors (Lipinski definition) is 3. The van der Waals surface area contributed by atoms with Crippen LogP contribution >= 0.6 is 0 Å². The molecule has 3 rings (SSSR count). The largest absolute Gasteiger partial charge is 0.464 e. The van der Waals surface area contributed by atoms with Crippen LogP contribution in [0.1, 0.15) is 56.5 Å². The van der Waals surface area contributed by atoms with E-state index >= 15 is 0 Å². The predicted octanol–water partition coefficient (Wildman–Crippen LogP) is 3.45. The van der Waals surface area contributed by atoms with Crippen LogP contribution in [0.25, 0.3) is 0 Å². The average Bonchev–Trinajstić information content (AvgIpc) is 2.99. The summed E-state index contributed by atoms with van der Waals surface area (Å²) >= 11 is 0. The summed E-state index contributed by atoms with van der Waals surface area (Å²) in [5, 5.41) is 3.46. The average molecular weight is 263 g/mol. The van der Waals surface area contributed by atoms with Gasteiger partial charge in [-0.25, -0.2) is 0 Å². The van der Waals surface area contributed by atoms with Gasteiger partial charge in [-0.2, -0.15) is 0 Å². The van der Waals surface area contributed by atoms with Crippen molar-refractivity contribution in [3.63, 3.8) is 0 Å². The van der Waals surface area contributed by atoms with Crippen molar-refractivity contribution in [1.82, 2.24) is 5.32 Å². The van der Waals surface area contributed by atoms with E-state index in [0.29, 0.717) is 12.0 Å². The molecule has 19 heavy (non-hydrogen) atoms. The lowest BCUT2D eigenvalue weighted by Crippen LogP contribution is -2.25. The number of furan rings is 1. The van der Waals surface area contributed by atoms with Crippen molar-refractivity contribution in [3.05, 3.63) is 23.7 Å². The fraction of sp³-hybridized carbons (Fsp3) is 0.750. The van der Waals surface area contributed by atoms with Crippen molar-refractivity contribution < 1.29 is 9.15 Å². The molecule has 0 aromatic carbocycles. The Balaban J connectivity index is 1.34. The van der Waals surface area contributed by atoms with Gasteiger partial charge in [0.15, 0.2) is 0 Å². The number of hydrogen-bond donors (Lipinski definition) is 1. The molecule has 1 saturated carbocycles. The maximum absolute atomic E-state index is 5.88. The molecule has 0 radical (unpaired) electrons. The summed E-state index contributed by atoms with van der Waals surface area (Å²) in [5.41, 5.74) is 0. The first-order valence-corrected chi connectivity index (χ1v) is 7.74. The predicted molar refractivity (Wildman–Crippen MR) is 75.1 cm³/mol. The van der Waals surface area contributed by atoms with Crippen LogP contribution in [0.15, 0.2) is 16.5 Å². The molecule has 1 N–H and O–H groups in total. The van der Waals surface area contributed by atoms with Crippen molar-refractivity contribution in [2.75, 3.05) is 13.2 Å². The van der Waals surface area contributed by atoms with Crippen LogP contribution < -0.4 is 5.32 Å². The van der Waals surface area contributed by atoms with Gasteiger partial charge in [0.1, 0.15) is 11.5 Å². The van der Waals surface area contributed by atoms with E-state index in [9.17, 15) is 0 Å². The SMILES string of the molecule is CC1CC1c1ccc(CNCCC2CCCCO2)o1. The molecule has 3 unspecified atom stereocenters. The molecule has 1 aliphatic heterocycles. The van der Waals surface area contributed by atoms with Gasteiger partial charge in [-0.05, 0) is 56.7 Å². The van der Waals surface area contributed by atoms with Crippen LogP contribution in [0.3, 0.4) is 0 Å². The van der Waals surface area contributed by atoms with Crippen molar-refractivity contribution in [3.8, 4) is 0 Å². The quantitative estimate of drug-likeness (QED) is 0.798. The minimum Gasteiger partial charge on any atom is -0.464 e. The smallest absolute Gasteiger partial charge is 0.117 e. The Morgan fingerprint density at radius 1 is 1.32 bits per heavy atom. The van der Waals surface area contributed by atoms with E-state index < -0.39 is 0 Å². The lowest BCUT2D eigenvalue weighted by Gasteiger charge is -2.22. The zero-order chi connectivity index (χ0) is 13.1. The Hall–Kier alpha value is -0.800. The van der Waals surface area contributed by atoms with E-state index in [-0.39, 0.29) is 0 Å². The van der Waals surface area contributed by atoms with Crippen LogP contribution in [-0.2, 0) is 11.3 Å². The summed E-state index contributed by atoms with van der Waals surface area (Å²) in [6.07, 6.45) is 6.67. The second kappa shape index (κ2) is 6.10. The Bertz CT molecular complexity index is 395. The lowest BCUT2D eigenvalue weighted by atomic mass is 10.1. The zero-order valence-electron chi connectivity index (χ0n) is 11.9. The van der Waals surface area contributed by atoms with Crippen molar-refractivity contribution >= 4 is 0 Å². The fourth-order valence-electron chi connectivity index (χ4n) is 2.92. The molecule has 0 spiro atoms. The molecule has 1 aromatic heterocycles. The first-order chi connectivity index (χ1) is 9.33. The minimum absolute atomic E-state index is 0.473. The van der Waals surface area contributed by atoms with Crippen molar-refractivity contribution in [1.29, 1.82) is 0 Å². The first kappa shape index (κ1) is 13.2. The van der Waals surface area contributed by atoms with Gasteiger partial charge in [-0.1, -0.05) is 6.92 Å². The molecule has 3 atom stereocenters. The Kier molecular flexibility index (Phi) is 4.24. The topological polar surface area (TPSA) is 34.4 Å². The number of ether oxygens (including phenoxy) is 1. The van der Waals surface area contributed by atoms with Gasteiger partial charge in [0, 0.05) is 12.5 Å². The summed E-state index contributed by atoms with van der Waals surface area (Å²) in [6.45, 7) is 5.09. The monoisotopic (exact) mass is 263 g/mol. The molecular formula is C16H25NO2. The van der Waals surface area contributed by atoms with E-state index in [1.807, 2.05) is 0 Å². The Labute approximate surface area is 115 Å². The molecule has 1 aliphatic carbocycles. The van der Waals surface area contributed by atoms with Gasteiger partial charge in [0.05, 0.1) is 12.6 Å². The first-order valence-electron chi connectivity index (χ1n) is 7.74. The Morgan fingerprint density at radius 3 is 2.95 bits per heavy atom. The van der Waals surface area contributed by atoms with Gasteiger partial charge in [-0.15, -0.1) is 0 Å². The van der Waals surface area contributed by atoms with Crippen molar-refractivity contribution in [2.24, 2.45) is 5.92 Å². The summed E-state index contributed by atoms with van der Waals surface area (Å²) in [6, 6.07) is 4.26.